The Bertz CT molecular complexity index is 1080. The predicted octanol–water partition coefficient (Wildman–Crippen LogP) is 5.02. The summed E-state index contributed by atoms with van der Waals surface area (Å²) in [5.74, 6) is 0.292. The average molecular weight is 405 g/mol. The molecule has 29 heavy (non-hydrogen) atoms. The van der Waals surface area contributed by atoms with Gasteiger partial charge in [-0.1, -0.05) is 60.1 Å². The van der Waals surface area contributed by atoms with E-state index in [2.05, 4.69) is 5.32 Å². The maximum Gasteiger partial charge on any atom is 0.333 e. The van der Waals surface area contributed by atoms with Crippen molar-refractivity contribution in [3.63, 3.8) is 0 Å². The Hall–Kier alpha value is -3.57. The van der Waals surface area contributed by atoms with Crippen molar-refractivity contribution in [1.29, 1.82) is 0 Å². The molecule has 1 aliphatic rings. The highest BCUT2D eigenvalue weighted by atomic mass is 35.5. The second-order valence-electron chi connectivity index (χ2n) is 6.45. The molecule has 6 heteroatoms. The van der Waals surface area contributed by atoms with Crippen LogP contribution in [0.15, 0.2) is 84.6 Å². The van der Waals surface area contributed by atoms with Gasteiger partial charge in [-0.15, -0.1) is 0 Å². The van der Waals surface area contributed by atoms with E-state index in [1.165, 1.54) is 0 Å². The van der Waals surface area contributed by atoms with E-state index in [4.69, 9.17) is 16.3 Å². The molecule has 0 atom stereocenters. The second kappa shape index (κ2) is 8.20. The molecular formula is C23H17ClN2O3. The van der Waals surface area contributed by atoms with Gasteiger partial charge < -0.3 is 10.1 Å². The minimum Gasteiger partial charge on any atom is -0.489 e. The van der Waals surface area contributed by atoms with Crippen molar-refractivity contribution in [1.82, 2.24) is 5.32 Å². The van der Waals surface area contributed by atoms with Gasteiger partial charge in [-0.05, 0) is 47.5 Å². The van der Waals surface area contributed by atoms with Gasteiger partial charge in [0.25, 0.3) is 5.91 Å². The number of amides is 3. The number of benzene rings is 3. The lowest BCUT2D eigenvalue weighted by Crippen LogP contribution is -2.30. The number of carbonyl (C=O) groups excluding carboxylic acids is 2. The normalized spacial score (nSPS) is 14.9. The van der Waals surface area contributed by atoms with E-state index in [0.717, 1.165) is 21.8 Å². The molecule has 1 N–H and O–H groups in total. The first-order chi connectivity index (χ1) is 14.1. The quantitative estimate of drug-likeness (QED) is 0.480. The van der Waals surface area contributed by atoms with Gasteiger partial charge in [0.2, 0.25) is 0 Å². The summed E-state index contributed by atoms with van der Waals surface area (Å²) in [4.78, 5) is 26.0. The largest absolute Gasteiger partial charge is 0.489 e. The molecule has 3 aromatic rings. The molecule has 1 saturated heterocycles. The van der Waals surface area contributed by atoms with Gasteiger partial charge in [-0.25, -0.2) is 9.69 Å². The summed E-state index contributed by atoms with van der Waals surface area (Å²) in [7, 11) is 0. The first-order valence-corrected chi connectivity index (χ1v) is 9.37. The van der Waals surface area contributed by atoms with Gasteiger partial charge in [0, 0.05) is 5.02 Å². The Morgan fingerprint density at radius 3 is 2.41 bits per heavy atom. The van der Waals surface area contributed by atoms with E-state index >= 15 is 0 Å². The summed E-state index contributed by atoms with van der Waals surface area (Å²) in [6, 6.07) is 23.3. The number of rotatable bonds is 5. The van der Waals surface area contributed by atoms with E-state index in [0.29, 0.717) is 17.3 Å². The van der Waals surface area contributed by atoms with E-state index in [1.807, 2.05) is 54.6 Å². The lowest BCUT2D eigenvalue weighted by atomic mass is 10.2. The number of ether oxygens (including phenoxy) is 1. The predicted molar refractivity (Wildman–Crippen MR) is 113 cm³/mol. The minimum atomic E-state index is -0.508. The molecule has 5 nitrogen and oxygen atoms in total. The molecule has 0 saturated carbocycles. The fourth-order valence-electron chi connectivity index (χ4n) is 2.95. The number of urea groups is 1. The third-order valence-electron chi connectivity index (χ3n) is 4.38. The number of carbonyl (C=O) groups is 2. The van der Waals surface area contributed by atoms with Crippen molar-refractivity contribution in [2.45, 2.75) is 6.61 Å². The fraction of sp³-hybridized carbons (Fsp3) is 0.0435. The Labute approximate surface area is 173 Å². The van der Waals surface area contributed by atoms with Crippen molar-refractivity contribution < 1.29 is 14.3 Å². The lowest BCUT2D eigenvalue weighted by molar-refractivity contribution is -0.113. The molecule has 3 amide bonds. The molecular weight excluding hydrogens is 388 g/mol. The SMILES string of the molecule is O=C1N/C(=C/c2ccc(OCc3ccccc3)cc2)C(=O)N1c1cccc(Cl)c1. The summed E-state index contributed by atoms with van der Waals surface area (Å²) >= 11 is 5.97. The van der Waals surface area contributed by atoms with E-state index in [9.17, 15) is 9.59 Å². The monoisotopic (exact) mass is 404 g/mol. The number of imide groups is 1. The molecule has 1 heterocycles. The van der Waals surface area contributed by atoms with E-state index < -0.39 is 11.9 Å². The van der Waals surface area contributed by atoms with Gasteiger partial charge in [0.05, 0.1) is 5.69 Å². The number of hydrogen-bond donors (Lipinski definition) is 1. The molecule has 1 aliphatic heterocycles. The zero-order valence-electron chi connectivity index (χ0n) is 15.3. The summed E-state index contributed by atoms with van der Waals surface area (Å²) in [6.07, 6.45) is 1.63. The first-order valence-electron chi connectivity index (χ1n) is 9.00. The van der Waals surface area contributed by atoms with Crippen molar-refractivity contribution in [3.8, 4) is 5.75 Å². The van der Waals surface area contributed by atoms with Crippen LogP contribution in [-0.4, -0.2) is 11.9 Å². The lowest BCUT2D eigenvalue weighted by Gasteiger charge is -2.11. The van der Waals surface area contributed by atoms with E-state index in [1.54, 1.807) is 30.3 Å². The maximum absolute atomic E-state index is 12.7. The van der Waals surface area contributed by atoms with Crippen molar-refractivity contribution in [2.24, 2.45) is 0 Å². The van der Waals surface area contributed by atoms with Gasteiger partial charge >= 0.3 is 6.03 Å². The number of halogens is 1. The molecule has 0 radical (unpaired) electrons. The molecule has 0 bridgehead atoms. The van der Waals surface area contributed by atoms with Gasteiger partial charge in [-0.3, -0.25) is 4.79 Å². The Balaban J connectivity index is 1.46. The third kappa shape index (κ3) is 4.31. The van der Waals surface area contributed by atoms with Crippen LogP contribution >= 0.6 is 11.6 Å². The number of anilines is 1. The molecule has 144 valence electrons. The summed E-state index contributed by atoms with van der Waals surface area (Å²) < 4.78 is 5.76. The van der Waals surface area contributed by atoms with Gasteiger partial charge in [-0.2, -0.15) is 0 Å². The van der Waals surface area contributed by atoms with Crippen LogP contribution in [-0.2, 0) is 11.4 Å². The standard InChI is InChI=1S/C23H17ClN2O3/c24-18-7-4-8-19(14-18)26-22(27)21(25-23(26)28)13-16-9-11-20(12-10-16)29-15-17-5-2-1-3-6-17/h1-14H,15H2,(H,25,28)/b21-13+. The topological polar surface area (TPSA) is 58.6 Å². The molecule has 0 aliphatic carbocycles. The molecule has 0 unspecified atom stereocenters. The number of nitrogens with zero attached hydrogens (tertiary/aromatic N) is 1. The Morgan fingerprint density at radius 2 is 1.69 bits per heavy atom. The van der Waals surface area contributed by atoms with Crippen molar-refractivity contribution in [3.05, 3.63) is 101 Å². The Kier molecular flexibility index (Phi) is 5.31. The van der Waals surface area contributed by atoms with Crippen LogP contribution in [0, 0.1) is 0 Å². The molecule has 1 fully saturated rings. The molecule has 0 spiro atoms. The highest BCUT2D eigenvalue weighted by Crippen LogP contribution is 2.25. The van der Waals surface area contributed by atoms with Gasteiger partial charge in [0.1, 0.15) is 18.1 Å². The van der Waals surface area contributed by atoms with E-state index in [-0.39, 0.29) is 5.70 Å². The smallest absolute Gasteiger partial charge is 0.333 e. The Morgan fingerprint density at radius 1 is 0.931 bits per heavy atom. The van der Waals surface area contributed by atoms with Crippen LogP contribution < -0.4 is 15.0 Å². The summed E-state index contributed by atoms with van der Waals surface area (Å²) in [5, 5.41) is 3.06. The number of nitrogens with one attached hydrogen (secondary N) is 1. The van der Waals surface area contributed by atoms with Crippen LogP contribution in [0.2, 0.25) is 5.02 Å². The molecule has 4 rings (SSSR count). The third-order valence-corrected chi connectivity index (χ3v) is 4.62. The van der Waals surface area contributed by atoms with Crippen molar-refractivity contribution >= 4 is 35.3 Å². The van der Waals surface area contributed by atoms with Crippen LogP contribution in [0.25, 0.3) is 6.08 Å². The highest BCUT2D eigenvalue weighted by molar-refractivity contribution is 6.32. The van der Waals surface area contributed by atoms with Crippen molar-refractivity contribution in [2.75, 3.05) is 4.90 Å². The molecule has 0 aromatic heterocycles. The summed E-state index contributed by atoms with van der Waals surface area (Å²) in [5.41, 5.74) is 2.48. The minimum absolute atomic E-state index is 0.202. The second-order valence-corrected chi connectivity index (χ2v) is 6.89. The molecule has 3 aromatic carbocycles. The average Bonchev–Trinajstić information content (AvgIpc) is 3.01. The first kappa shape index (κ1) is 18.8. The van der Waals surface area contributed by atoms with Crippen LogP contribution in [0.3, 0.4) is 0 Å². The zero-order valence-corrected chi connectivity index (χ0v) is 16.1. The highest BCUT2D eigenvalue weighted by Gasteiger charge is 2.34. The zero-order chi connectivity index (χ0) is 20.2. The summed E-state index contributed by atoms with van der Waals surface area (Å²) in [6.45, 7) is 0.477. The fourth-order valence-corrected chi connectivity index (χ4v) is 3.14. The maximum atomic E-state index is 12.7. The number of hydrogen-bond acceptors (Lipinski definition) is 3. The van der Waals surface area contributed by atoms with Crippen LogP contribution in [0.5, 0.6) is 5.75 Å². The van der Waals surface area contributed by atoms with Crippen LogP contribution in [0.1, 0.15) is 11.1 Å². The van der Waals surface area contributed by atoms with Gasteiger partial charge in [0.15, 0.2) is 0 Å². The van der Waals surface area contributed by atoms with Crippen LogP contribution in [0.4, 0.5) is 10.5 Å².